The number of carbonyl (C=O) groups is 1. The van der Waals surface area contributed by atoms with Crippen LogP contribution in [0.5, 0.6) is 0 Å². The van der Waals surface area contributed by atoms with Crippen molar-refractivity contribution in [2.45, 2.75) is 50.3 Å². The number of rotatable bonds is 5. The molecule has 0 radical (unpaired) electrons. The number of hydrogen-bond donors (Lipinski definition) is 1. The lowest BCUT2D eigenvalue weighted by atomic mass is 10.1. The van der Waals surface area contributed by atoms with Crippen molar-refractivity contribution in [3.05, 3.63) is 30.1 Å². The molecule has 0 aliphatic carbocycles. The Balaban J connectivity index is 2.13. The minimum atomic E-state index is -3.89. The molecule has 1 aliphatic heterocycles. The molecule has 2 rings (SSSR count). The summed E-state index contributed by atoms with van der Waals surface area (Å²) < 4.78 is 45.8. The number of nitrogens with one attached hydrogen (secondary N) is 1. The van der Waals surface area contributed by atoms with Crippen LogP contribution in [0.4, 0.5) is 4.39 Å². The van der Waals surface area contributed by atoms with Crippen LogP contribution < -0.4 is 4.72 Å². The molecule has 8 heteroatoms. The van der Waals surface area contributed by atoms with Crippen LogP contribution in [-0.4, -0.2) is 50.6 Å². The van der Waals surface area contributed by atoms with E-state index in [0.717, 1.165) is 12.1 Å². The van der Waals surface area contributed by atoms with Gasteiger partial charge in [-0.25, -0.2) is 12.8 Å². The first-order valence-electron chi connectivity index (χ1n) is 7.95. The number of morpholine rings is 1. The fraction of sp³-hybridized carbons (Fsp3) is 0.562. The monoisotopic (exact) mass is 358 g/mol. The molecular formula is C16H23FN2O4S. The van der Waals surface area contributed by atoms with E-state index in [1.54, 1.807) is 11.8 Å². The van der Waals surface area contributed by atoms with Crippen LogP contribution in [0.3, 0.4) is 0 Å². The Morgan fingerprint density at radius 3 is 2.33 bits per heavy atom. The quantitative estimate of drug-likeness (QED) is 0.866. The van der Waals surface area contributed by atoms with Crippen LogP contribution in [0.15, 0.2) is 29.2 Å². The molecule has 1 aliphatic rings. The second-order valence-corrected chi connectivity index (χ2v) is 7.75. The molecule has 1 aromatic rings. The highest BCUT2D eigenvalue weighted by Gasteiger charge is 2.32. The van der Waals surface area contributed by atoms with Gasteiger partial charge in [0.1, 0.15) is 11.9 Å². The molecule has 134 valence electrons. The highest BCUT2D eigenvalue weighted by molar-refractivity contribution is 7.89. The van der Waals surface area contributed by atoms with Gasteiger partial charge in [-0.15, -0.1) is 0 Å². The van der Waals surface area contributed by atoms with Crippen molar-refractivity contribution in [1.29, 1.82) is 0 Å². The molecule has 0 aromatic heterocycles. The number of amides is 1. The third-order valence-electron chi connectivity index (χ3n) is 3.86. The molecule has 0 spiro atoms. The van der Waals surface area contributed by atoms with E-state index < -0.39 is 21.9 Å². The smallest absolute Gasteiger partial charge is 0.241 e. The minimum Gasteiger partial charge on any atom is -0.372 e. The van der Waals surface area contributed by atoms with Gasteiger partial charge in [-0.1, -0.05) is 6.92 Å². The maximum absolute atomic E-state index is 13.0. The second-order valence-electron chi connectivity index (χ2n) is 6.04. The molecular weight excluding hydrogens is 335 g/mol. The predicted molar refractivity (Wildman–Crippen MR) is 87.4 cm³/mol. The highest BCUT2D eigenvalue weighted by atomic mass is 32.2. The van der Waals surface area contributed by atoms with Crippen LogP contribution in [-0.2, 0) is 19.6 Å². The summed E-state index contributed by atoms with van der Waals surface area (Å²) in [5, 5.41) is 0. The Labute approximate surface area is 142 Å². The van der Waals surface area contributed by atoms with Crippen molar-refractivity contribution in [3.63, 3.8) is 0 Å². The molecule has 6 nitrogen and oxygen atoms in total. The number of benzene rings is 1. The topological polar surface area (TPSA) is 75.7 Å². The van der Waals surface area contributed by atoms with Crippen molar-refractivity contribution in [1.82, 2.24) is 9.62 Å². The van der Waals surface area contributed by atoms with Crippen LogP contribution in [0.2, 0.25) is 0 Å². The summed E-state index contributed by atoms with van der Waals surface area (Å²) in [4.78, 5) is 14.2. The van der Waals surface area contributed by atoms with Crippen LogP contribution in [0.25, 0.3) is 0 Å². The molecule has 3 atom stereocenters. The van der Waals surface area contributed by atoms with Crippen LogP contribution >= 0.6 is 0 Å². The third kappa shape index (κ3) is 4.52. The van der Waals surface area contributed by atoms with Gasteiger partial charge in [-0.05, 0) is 44.5 Å². The van der Waals surface area contributed by atoms with Gasteiger partial charge < -0.3 is 9.64 Å². The average Bonchev–Trinajstić information content (AvgIpc) is 2.51. The van der Waals surface area contributed by atoms with E-state index in [1.807, 2.05) is 13.8 Å². The zero-order valence-corrected chi connectivity index (χ0v) is 14.8. The van der Waals surface area contributed by atoms with Gasteiger partial charge in [0, 0.05) is 13.1 Å². The van der Waals surface area contributed by atoms with Crippen LogP contribution in [0, 0.1) is 5.82 Å². The van der Waals surface area contributed by atoms with Gasteiger partial charge in [0.05, 0.1) is 17.1 Å². The van der Waals surface area contributed by atoms with Gasteiger partial charge in [0.15, 0.2) is 0 Å². The Morgan fingerprint density at radius 1 is 1.29 bits per heavy atom. The SMILES string of the molecule is CCC(NS(=O)(=O)c1ccc(F)cc1)C(=O)N1CC(C)OC(C)C1. The van der Waals surface area contributed by atoms with E-state index in [-0.39, 0.29) is 23.0 Å². The number of carbonyl (C=O) groups excluding carboxylic acids is 1. The van der Waals surface area contributed by atoms with Gasteiger partial charge in [0.2, 0.25) is 15.9 Å². The first kappa shape index (κ1) is 18.8. The standard InChI is InChI=1S/C16H23FN2O4S/c1-4-15(16(20)19-9-11(2)23-12(3)10-19)18-24(21,22)14-7-5-13(17)6-8-14/h5-8,11-12,15,18H,4,9-10H2,1-3H3. The maximum atomic E-state index is 13.0. The van der Waals surface area contributed by atoms with E-state index in [4.69, 9.17) is 4.74 Å². The second kappa shape index (κ2) is 7.58. The summed E-state index contributed by atoms with van der Waals surface area (Å²) in [7, 11) is -3.89. The van der Waals surface area contributed by atoms with Crippen molar-refractivity contribution in [2.24, 2.45) is 0 Å². The molecule has 1 aromatic carbocycles. The molecule has 1 fully saturated rings. The number of halogens is 1. The summed E-state index contributed by atoms with van der Waals surface area (Å²) in [5.41, 5.74) is 0. The number of hydrogen-bond acceptors (Lipinski definition) is 4. The molecule has 0 bridgehead atoms. The lowest BCUT2D eigenvalue weighted by molar-refractivity contribution is -0.145. The molecule has 1 heterocycles. The zero-order chi connectivity index (χ0) is 17.9. The zero-order valence-electron chi connectivity index (χ0n) is 14.0. The summed E-state index contributed by atoms with van der Waals surface area (Å²) in [6.07, 6.45) is 0.132. The maximum Gasteiger partial charge on any atom is 0.241 e. The summed E-state index contributed by atoms with van der Waals surface area (Å²) >= 11 is 0. The van der Waals surface area contributed by atoms with E-state index in [2.05, 4.69) is 4.72 Å². The van der Waals surface area contributed by atoms with Gasteiger partial charge in [-0.3, -0.25) is 4.79 Å². The molecule has 0 saturated carbocycles. The first-order chi connectivity index (χ1) is 11.2. The Bertz CT molecular complexity index is 668. The fourth-order valence-corrected chi connectivity index (χ4v) is 4.03. The Hall–Kier alpha value is -1.51. The number of nitrogens with zero attached hydrogens (tertiary/aromatic N) is 1. The molecule has 1 amide bonds. The van der Waals surface area contributed by atoms with E-state index in [9.17, 15) is 17.6 Å². The number of sulfonamides is 1. The summed E-state index contributed by atoms with van der Waals surface area (Å²) in [6.45, 7) is 6.35. The summed E-state index contributed by atoms with van der Waals surface area (Å²) in [6, 6.07) is 3.63. The number of ether oxygens (including phenoxy) is 1. The van der Waals surface area contributed by atoms with E-state index in [1.165, 1.54) is 12.1 Å². The van der Waals surface area contributed by atoms with Gasteiger partial charge in [0.25, 0.3) is 0 Å². The van der Waals surface area contributed by atoms with Crippen molar-refractivity contribution in [2.75, 3.05) is 13.1 Å². The van der Waals surface area contributed by atoms with Gasteiger partial charge in [-0.2, -0.15) is 4.72 Å². The summed E-state index contributed by atoms with van der Waals surface area (Å²) in [5.74, 6) is -0.793. The van der Waals surface area contributed by atoms with Crippen molar-refractivity contribution < 1.29 is 22.3 Å². The van der Waals surface area contributed by atoms with Gasteiger partial charge >= 0.3 is 0 Å². The van der Waals surface area contributed by atoms with Crippen LogP contribution in [0.1, 0.15) is 27.2 Å². The molecule has 1 saturated heterocycles. The van der Waals surface area contributed by atoms with E-state index >= 15 is 0 Å². The molecule has 3 unspecified atom stereocenters. The van der Waals surface area contributed by atoms with Crippen molar-refractivity contribution >= 4 is 15.9 Å². The highest BCUT2D eigenvalue weighted by Crippen LogP contribution is 2.15. The Kier molecular flexibility index (Phi) is 5.95. The molecule has 1 N–H and O–H groups in total. The first-order valence-corrected chi connectivity index (χ1v) is 9.43. The lowest BCUT2D eigenvalue weighted by Crippen LogP contribution is -2.54. The van der Waals surface area contributed by atoms with E-state index in [0.29, 0.717) is 19.5 Å². The normalized spacial score (nSPS) is 23.1. The Morgan fingerprint density at radius 2 is 1.83 bits per heavy atom. The largest absolute Gasteiger partial charge is 0.372 e. The fourth-order valence-electron chi connectivity index (χ4n) is 2.76. The minimum absolute atomic E-state index is 0.0705. The molecule has 24 heavy (non-hydrogen) atoms. The predicted octanol–water partition coefficient (Wildman–Crippen LogP) is 1.52. The lowest BCUT2D eigenvalue weighted by Gasteiger charge is -2.37. The third-order valence-corrected chi connectivity index (χ3v) is 5.35. The van der Waals surface area contributed by atoms with Crippen molar-refractivity contribution in [3.8, 4) is 0 Å². The average molecular weight is 358 g/mol.